The fourth-order valence-electron chi connectivity index (χ4n) is 7.16. The molecule has 0 bridgehead atoms. The Morgan fingerprint density at radius 2 is 0.765 bits per heavy atom. The van der Waals surface area contributed by atoms with E-state index < -0.39 is 0 Å². The third-order valence-electron chi connectivity index (χ3n) is 11.2. The summed E-state index contributed by atoms with van der Waals surface area (Å²) in [6, 6.07) is 0. The fraction of sp³-hybridized carbons (Fsp3) is 0.957. The van der Waals surface area contributed by atoms with Gasteiger partial charge in [0.15, 0.2) is 0 Å². The summed E-state index contributed by atoms with van der Waals surface area (Å²) < 4.78 is 11.3. The summed E-state index contributed by atoms with van der Waals surface area (Å²) in [7, 11) is 4.38. The second kappa shape index (κ2) is 33.5. The van der Waals surface area contributed by atoms with Crippen LogP contribution in [0.25, 0.3) is 0 Å². The molecule has 5 nitrogen and oxygen atoms in total. The highest BCUT2D eigenvalue weighted by atomic mass is 16.5. The molecule has 0 N–H and O–H groups in total. The zero-order valence-corrected chi connectivity index (χ0v) is 36.2. The SMILES string of the molecule is CC(C)CCC(COC(=O)CCCCCCCCCC(CCCCCCCCCC(=O)OCC(CCC(C)C)C(C)C)CCCN(C)C)C(C)C. The normalized spacial score (nSPS) is 13.9. The quantitative estimate of drug-likeness (QED) is 0.0476. The maximum Gasteiger partial charge on any atom is 0.305 e. The molecule has 0 rings (SSSR count). The average Bonchev–Trinajstić information content (AvgIpc) is 3.05. The van der Waals surface area contributed by atoms with Gasteiger partial charge in [0.2, 0.25) is 0 Å². The third-order valence-corrected chi connectivity index (χ3v) is 11.2. The largest absolute Gasteiger partial charge is 0.465 e. The Morgan fingerprint density at radius 1 is 0.431 bits per heavy atom. The molecular weight excluding hydrogens is 631 g/mol. The Morgan fingerprint density at radius 3 is 1.10 bits per heavy atom. The summed E-state index contributed by atoms with van der Waals surface area (Å²) in [5.41, 5.74) is 0. The highest BCUT2D eigenvalue weighted by molar-refractivity contribution is 5.69. The van der Waals surface area contributed by atoms with Crippen molar-refractivity contribution >= 4 is 11.9 Å². The van der Waals surface area contributed by atoms with Gasteiger partial charge in [0.05, 0.1) is 13.2 Å². The molecule has 0 aliphatic rings. The van der Waals surface area contributed by atoms with Crippen molar-refractivity contribution in [1.82, 2.24) is 4.90 Å². The minimum Gasteiger partial charge on any atom is -0.465 e. The molecule has 0 aliphatic carbocycles. The van der Waals surface area contributed by atoms with Crippen LogP contribution in [0.3, 0.4) is 0 Å². The number of esters is 2. The number of nitrogens with zero attached hydrogens (tertiary/aromatic N) is 1. The van der Waals surface area contributed by atoms with Crippen LogP contribution >= 0.6 is 0 Å². The predicted molar refractivity (Wildman–Crippen MR) is 221 cm³/mol. The molecule has 0 saturated carbocycles. The zero-order valence-electron chi connectivity index (χ0n) is 36.2. The summed E-state index contributed by atoms with van der Waals surface area (Å²) in [5, 5.41) is 0. The highest BCUT2D eigenvalue weighted by Crippen LogP contribution is 2.25. The van der Waals surface area contributed by atoms with Crippen LogP contribution in [0.1, 0.15) is 209 Å². The van der Waals surface area contributed by atoms with Crippen molar-refractivity contribution in [3.05, 3.63) is 0 Å². The molecule has 0 spiro atoms. The average molecular weight is 722 g/mol. The standard InChI is InChI=1S/C46H91NO4/c1-38(2)31-33-43(40(5)6)36-50-45(48)29-23-19-15-11-13-17-21-26-42(28-25-35-47(9)10)27-22-18-14-12-16-20-24-30-46(49)51-37-44(41(7)8)34-32-39(3)4/h38-44H,11-37H2,1-10H3. The molecular formula is C46H91NO4. The third kappa shape index (κ3) is 33.2. The summed E-state index contributed by atoms with van der Waals surface area (Å²) in [4.78, 5) is 26.9. The lowest BCUT2D eigenvalue weighted by Gasteiger charge is -2.21. The number of carbonyl (C=O) groups excluding carboxylic acids is 2. The first-order valence-electron chi connectivity index (χ1n) is 22.3. The molecule has 0 aliphatic heterocycles. The zero-order chi connectivity index (χ0) is 38.3. The van der Waals surface area contributed by atoms with Crippen LogP contribution in [0.2, 0.25) is 0 Å². The van der Waals surface area contributed by atoms with E-state index in [-0.39, 0.29) is 11.9 Å². The molecule has 0 radical (unpaired) electrons. The minimum absolute atomic E-state index is 0.00225. The van der Waals surface area contributed by atoms with Crippen molar-refractivity contribution < 1.29 is 19.1 Å². The maximum absolute atomic E-state index is 12.3. The second-order valence-electron chi connectivity index (χ2n) is 18.2. The van der Waals surface area contributed by atoms with Crippen molar-refractivity contribution in [3.63, 3.8) is 0 Å². The molecule has 0 fully saturated rings. The van der Waals surface area contributed by atoms with Gasteiger partial charge in [-0.25, -0.2) is 0 Å². The summed E-state index contributed by atoms with van der Waals surface area (Å²) in [6.45, 7) is 20.4. The van der Waals surface area contributed by atoms with Crippen LogP contribution in [0, 0.1) is 41.4 Å². The van der Waals surface area contributed by atoms with Crippen LogP contribution in [0.5, 0.6) is 0 Å². The van der Waals surface area contributed by atoms with E-state index in [0.717, 1.165) is 44.4 Å². The first kappa shape index (κ1) is 49.9. The molecule has 0 amide bonds. The van der Waals surface area contributed by atoms with Gasteiger partial charge >= 0.3 is 11.9 Å². The van der Waals surface area contributed by atoms with Gasteiger partial charge in [-0.2, -0.15) is 0 Å². The molecule has 0 heterocycles. The Balaban J connectivity index is 4.01. The summed E-state index contributed by atoms with van der Waals surface area (Å²) in [5.74, 6) is 4.40. The van der Waals surface area contributed by atoms with Gasteiger partial charge in [-0.1, -0.05) is 158 Å². The number of ether oxygens (including phenoxy) is 2. The van der Waals surface area contributed by atoms with Crippen LogP contribution in [-0.4, -0.2) is 50.7 Å². The van der Waals surface area contributed by atoms with Crippen molar-refractivity contribution in [3.8, 4) is 0 Å². The molecule has 0 aromatic carbocycles. The van der Waals surface area contributed by atoms with Gasteiger partial charge in [0.1, 0.15) is 0 Å². The van der Waals surface area contributed by atoms with E-state index in [1.54, 1.807) is 0 Å². The number of hydrogen-bond donors (Lipinski definition) is 0. The number of unbranched alkanes of at least 4 members (excludes halogenated alkanes) is 12. The lowest BCUT2D eigenvalue weighted by Crippen LogP contribution is -2.19. The molecule has 0 aromatic heterocycles. The first-order chi connectivity index (χ1) is 24.3. The van der Waals surface area contributed by atoms with Gasteiger partial charge in [0.25, 0.3) is 0 Å². The van der Waals surface area contributed by atoms with Gasteiger partial charge in [-0.05, 0) is 101 Å². The van der Waals surface area contributed by atoms with E-state index >= 15 is 0 Å². The van der Waals surface area contributed by atoms with Crippen LogP contribution in [0.15, 0.2) is 0 Å². The molecule has 5 heteroatoms. The lowest BCUT2D eigenvalue weighted by atomic mass is 9.89. The van der Waals surface area contributed by atoms with Crippen LogP contribution in [-0.2, 0) is 19.1 Å². The smallest absolute Gasteiger partial charge is 0.305 e. The van der Waals surface area contributed by atoms with Crippen molar-refractivity contribution in [2.75, 3.05) is 33.9 Å². The maximum atomic E-state index is 12.3. The van der Waals surface area contributed by atoms with E-state index in [9.17, 15) is 9.59 Å². The Hall–Kier alpha value is -1.10. The monoisotopic (exact) mass is 722 g/mol. The molecule has 0 saturated heterocycles. The fourth-order valence-corrected chi connectivity index (χ4v) is 7.16. The van der Waals surface area contributed by atoms with Crippen molar-refractivity contribution in [2.45, 2.75) is 209 Å². The predicted octanol–water partition coefficient (Wildman–Crippen LogP) is 13.5. The van der Waals surface area contributed by atoms with Crippen molar-refractivity contribution in [1.29, 1.82) is 0 Å². The molecule has 51 heavy (non-hydrogen) atoms. The molecule has 2 atom stereocenters. The van der Waals surface area contributed by atoms with E-state index in [0.29, 0.717) is 61.6 Å². The number of carbonyl (C=O) groups is 2. The molecule has 304 valence electrons. The van der Waals surface area contributed by atoms with Gasteiger partial charge < -0.3 is 14.4 Å². The van der Waals surface area contributed by atoms with Crippen molar-refractivity contribution in [2.24, 2.45) is 41.4 Å². The Bertz CT molecular complexity index is 734. The highest BCUT2D eigenvalue weighted by Gasteiger charge is 2.18. The number of hydrogen-bond acceptors (Lipinski definition) is 5. The minimum atomic E-state index is 0.00225. The Labute approximate surface area is 319 Å². The van der Waals surface area contributed by atoms with Gasteiger partial charge in [-0.3, -0.25) is 9.59 Å². The lowest BCUT2D eigenvalue weighted by molar-refractivity contribution is -0.146. The molecule has 2 unspecified atom stereocenters. The van der Waals surface area contributed by atoms with E-state index in [2.05, 4.69) is 74.4 Å². The van der Waals surface area contributed by atoms with Crippen LogP contribution < -0.4 is 0 Å². The van der Waals surface area contributed by atoms with E-state index in [1.807, 2.05) is 0 Å². The van der Waals surface area contributed by atoms with E-state index in [4.69, 9.17) is 9.47 Å². The van der Waals surface area contributed by atoms with Gasteiger partial charge in [0, 0.05) is 12.8 Å². The number of rotatable bonds is 36. The Kier molecular flexibility index (Phi) is 32.7. The topological polar surface area (TPSA) is 55.8 Å². The van der Waals surface area contributed by atoms with E-state index in [1.165, 1.54) is 109 Å². The van der Waals surface area contributed by atoms with Crippen LogP contribution in [0.4, 0.5) is 0 Å². The summed E-state index contributed by atoms with van der Waals surface area (Å²) in [6.07, 6.45) is 28.7. The van der Waals surface area contributed by atoms with Gasteiger partial charge in [-0.15, -0.1) is 0 Å². The first-order valence-corrected chi connectivity index (χ1v) is 22.3. The molecule has 0 aromatic rings. The summed E-state index contributed by atoms with van der Waals surface area (Å²) >= 11 is 0. The second-order valence-corrected chi connectivity index (χ2v) is 18.2.